The van der Waals surface area contributed by atoms with E-state index in [1.165, 1.54) is 39.0 Å². The number of carboxylic acid groups (broad SMARTS) is 1. The maximum Gasteiger partial charge on any atom is 0.327 e. The molecule has 3 fully saturated rings. The van der Waals surface area contributed by atoms with Crippen LogP contribution in [0.2, 0.25) is 0 Å². The molecule has 0 aliphatic carbocycles. The van der Waals surface area contributed by atoms with Gasteiger partial charge in [-0.25, -0.2) is 9.78 Å². The highest BCUT2D eigenvalue weighted by Gasteiger charge is 2.44. The molecule has 1 aromatic heterocycles. The molecule has 26 heteroatoms. The summed E-state index contributed by atoms with van der Waals surface area (Å²) in [6.45, 7) is 4.07. The first kappa shape index (κ1) is 55.5. The molecule has 23 nitrogen and oxygen atoms in total. The van der Waals surface area contributed by atoms with Gasteiger partial charge in [0.05, 0.1) is 18.8 Å². The maximum atomic E-state index is 14.5. The fraction of sp³-hybridized carbons (Fsp3) is 0.690. The molecule has 3 saturated heterocycles. The third kappa shape index (κ3) is 14.7. The maximum absolute atomic E-state index is 14.5. The second-order valence-electron chi connectivity index (χ2n) is 17.2. The molecule has 11 N–H and O–H groups in total. The van der Waals surface area contributed by atoms with E-state index in [-0.39, 0.29) is 63.2 Å². The molecule has 378 valence electrons. The lowest BCUT2D eigenvalue weighted by atomic mass is 9.96. The van der Waals surface area contributed by atoms with E-state index in [9.17, 15) is 53.1 Å². The van der Waals surface area contributed by atoms with Crippen molar-refractivity contribution in [2.45, 2.75) is 132 Å². The standard InChI is InChI=1S/C42H66N12O11S3/c1-4-22(2)33(41(63)54-14-7-10-31(54)36(58)47-25(11-15-68-3)34(56)50-28(20-67)42(64)65)51-35(57)26(16-23-18-45-21-46-23)48-37(59)30-9-6-13-53(30)40(62)27(17-32(44)55)49-38(60)29-8-5-12-52(29)39(61)24(43)19-66/h18,21-22,24-31,33,66-67H,4-17,19-20,43H2,1-3H3,(H2,44,55)(H,45,46)(H,47,58)(H,48,59)(H,49,60)(H,50,56)(H,51,57)(H,64,65). The summed E-state index contributed by atoms with van der Waals surface area (Å²) in [6.07, 6.45) is 6.56. The number of aromatic nitrogens is 2. The number of imidazole rings is 1. The molecule has 9 amide bonds. The smallest absolute Gasteiger partial charge is 0.327 e. The van der Waals surface area contributed by atoms with Crippen LogP contribution in [0, 0.1) is 5.92 Å². The van der Waals surface area contributed by atoms with E-state index in [1.54, 1.807) is 6.92 Å². The lowest BCUT2D eigenvalue weighted by molar-refractivity contribution is -0.145. The number of rotatable bonds is 25. The van der Waals surface area contributed by atoms with Gasteiger partial charge in [0.15, 0.2) is 0 Å². The Balaban J connectivity index is 1.52. The van der Waals surface area contributed by atoms with E-state index < -0.39 is 126 Å². The number of hydrogen-bond donors (Lipinski definition) is 11. The molecule has 68 heavy (non-hydrogen) atoms. The van der Waals surface area contributed by atoms with Crippen LogP contribution in [0.15, 0.2) is 12.5 Å². The summed E-state index contributed by atoms with van der Waals surface area (Å²) < 4.78 is 0. The monoisotopic (exact) mass is 1010 g/mol. The predicted molar refractivity (Wildman–Crippen MR) is 256 cm³/mol. The van der Waals surface area contributed by atoms with Crippen LogP contribution >= 0.6 is 37.0 Å². The third-order valence-electron chi connectivity index (χ3n) is 12.5. The molecule has 4 heterocycles. The van der Waals surface area contributed by atoms with Crippen LogP contribution in [0.5, 0.6) is 0 Å². The van der Waals surface area contributed by atoms with E-state index in [2.05, 4.69) is 61.8 Å². The number of aromatic amines is 1. The van der Waals surface area contributed by atoms with Gasteiger partial charge in [0.1, 0.15) is 48.3 Å². The number of thioether (sulfide) groups is 1. The number of aliphatic carboxylic acids is 1. The van der Waals surface area contributed by atoms with Crippen LogP contribution in [0.3, 0.4) is 0 Å². The third-order valence-corrected chi connectivity index (χ3v) is 13.9. The van der Waals surface area contributed by atoms with Crippen molar-refractivity contribution in [3.63, 3.8) is 0 Å². The van der Waals surface area contributed by atoms with E-state index in [1.807, 2.05) is 13.2 Å². The van der Waals surface area contributed by atoms with Crippen molar-refractivity contribution < 1.29 is 53.1 Å². The Kier molecular flexibility index (Phi) is 21.7. The van der Waals surface area contributed by atoms with Gasteiger partial charge in [-0.15, -0.1) is 0 Å². The number of carbonyl (C=O) groups is 10. The second-order valence-corrected chi connectivity index (χ2v) is 18.9. The minimum Gasteiger partial charge on any atom is -0.480 e. The second kappa shape index (κ2) is 26.6. The number of H-pyrrole nitrogens is 1. The number of nitrogens with zero attached hydrogens (tertiary/aromatic N) is 4. The molecule has 10 atom stereocenters. The summed E-state index contributed by atoms with van der Waals surface area (Å²) in [7, 11) is 0. The molecule has 3 aliphatic heterocycles. The number of primary amides is 1. The fourth-order valence-corrected chi connectivity index (χ4v) is 9.38. The molecule has 0 spiro atoms. The highest BCUT2D eigenvalue weighted by Crippen LogP contribution is 2.24. The Morgan fingerprint density at radius 1 is 0.765 bits per heavy atom. The zero-order valence-electron chi connectivity index (χ0n) is 38.5. The number of amides is 9. The number of carbonyl (C=O) groups excluding carboxylic acids is 9. The van der Waals surface area contributed by atoms with E-state index in [0.29, 0.717) is 37.1 Å². The van der Waals surface area contributed by atoms with Gasteiger partial charge in [0, 0.05) is 49.5 Å². The summed E-state index contributed by atoms with van der Waals surface area (Å²) in [4.78, 5) is 145. The average molecular weight is 1010 g/mol. The van der Waals surface area contributed by atoms with Crippen molar-refractivity contribution in [3.05, 3.63) is 18.2 Å². The lowest BCUT2D eigenvalue weighted by Crippen LogP contribution is -2.61. The largest absolute Gasteiger partial charge is 0.480 e. The Labute approximate surface area is 410 Å². The van der Waals surface area contributed by atoms with Gasteiger partial charge in [-0.05, 0) is 62.9 Å². The molecule has 0 aromatic carbocycles. The molecule has 0 saturated carbocycles. The van der Waals surface area contributed by atoms with Gasteiger partial charge in [-0.2, -0.15) is 37.0 Å². The Bertz CT molecular complexity index is 1980. The summed E-state index contributed by atoms with van der Waals surface area (Å²) in [6, 6.07) is -10.4. The highest BCUT2D eigenvalue weighted by molar-refractivity contribution is 7.98. The van der Waals surface area contributed by atoms with Crippen LogP contribution in [-0.4, -0.2) is 186 Å². The number of nitrogens with two attached hydrogens (primary N) is 2. The van der Waals surface area contributed by atoms with Gasteiger partial charge in [-0.1, -0.05) is 20.3 Å². The molecule has 0 bridgehead atoms. The van der Waals surface area contributed by atoms with Gasteiger partial charge in [0.25, 0.3) is 0 Å². The van der Waals surface area contributed by atoms with E-state index >= 15 is 0 Å². The van der Waals surface area contributed by atoms with Crippen molar-refractivity contribution in [1.29, 1.82) is 0 Å². The number of hydrogen-bond acceptors (Lipinski definition) is 15. The first-order valence-corrected chi connectivity index (χ1v) is 25.4. The average Bonchev–Trinajstić information content (AvgIpc) is 4.17. The zero-order chi connectivity index (χ0) is 50.2. The molecule has 1 aromatic rings. The number of likely N-dealkylation sites (tertiary alicyclic amines) is 3. The Hall–Kier alpha value is -5.08. The minimum absolute atomic E-state index is 0.0479. The van der Waals surface area contributed by atoms with Crippen molar-refractivity contribution in [2.24, 2.45) is 17.4 Å². The van der Waals surface area contributed by atoms with Gasteiger partial charge in [0.2, 0.25) is 53.2 Å². The molecule has 4 rings (SSSR count). The fourth-order valence-electron chi connectivity index (χ4n) is 8.51. The quantitative estimate of drug-likeness (QED) is 0.0445. The summed E-state index contributed by atoms with van der Waals surface area (Å²) >= 11 is 9.51. The van der Waals surface area contributed by atoms with Crippen molar-refractivity contribution in [3.8, 4) is 0 Å². The number of thiol groups is 2. The van der Waals surface area contributed by atoms with Crippen LogP contribution in [-0.2, 0) is 54.4 Å². The summed E-state index contributed by atoms with van der Waals surface area (Å²) in [5.41, 5.74) is 11.9. The van der Waals surface area contributed by atoms with Crippen molar-refractivity contribution in [1.82, 2.24) is 51.3 Å². The van der Waals surface area contributed by atoms with Crippen LogP contribution in [0.25, 0.3) is 0 Å². The molecule has 10 unspecified atom stereocenters. The summed E-state index contributed by atoms with van der Waals surface area (Å²) in [5, 5.41) is 22.7. The van der Waals surface area contributed by atoms with Crippen molar-refractivity contribution in [2.75, 3.05) is 43.1 Å². The van der Waals surface area contributed by atoms with Crippen LogP contribution in [0.4, 0.5) is 0 Å². The predicted octanol–water partition coefficient (Wildman–Crippen LogP) is -2.70. The molecule has 3 aliphatic rings. The topological polar surface area (TPSA) is 342 Å². The lowest BCUT2D eigenvalue weighted by Gasteiger charge is -2.33. The molecular formula is C42H66N12O11S3. The number of nitrogens with one attached hydrogen (secondary N) is 6. The first-order valence-electron chi connectivity index (χ1n) is 22.7. The van der Waals surface area contributed by atoms with Gasteiger partial charge < -0.3 is 62.8 Å². The molecular weight excluding hydrogens is 945 g/mol. The minimum atomic E-state index is -1.48. The summed E-state index contributed by atoms with van der Waals surface area (Å²) in [5.74, 6) is -7.64. The van der Waals surface area contributed by atoms with E-state index in [4.69, 9.17) is 11.5 Å². The van der Waals surface area contributed by atoms with Gasteiger partial charge >= 0.3 is 5.97 Å². The number of carboxylic acids is 1. The Morgan fingerprint density at radius 3 is 1.75 bits per heavy atom. The van der Waals surface area contributed by atoms with Crippen molar-refractivity contribution >= 4 is 96.2 Å². The van der Waals surface area contributed by atoms with E-state index in [0.717, 1.165) is 0 Å². The SMILES string of the molecule is CCC(C)C(NC(=O)C(Cc1cnc[nH]1)NC(=O)C1CCCN1C(=O)C(CC(N)=O)NC(=O)C1CCCN1C(=O)C(N)CS)C(=O)N1CCCC1C(=O)NC(CCSC)C(=O)NC(CS)C(=O)O. The zero-order valence-corrected chi connectivity index (χ0v) is 41.1. The normalized spacial score (nSPS) is 21.1. The van der Waals surface area contributed by atoms with Crippen LogP contribution < -0.4 is 38.1 Å². The Morgan fingerprint density at radius 2 is 1.28 bits per heavy atom. The first-order chi connectivity index (χ1) is 32.4. The highest BCUT2D eigenvalue weighted by atomic mass is 32.2. The molecule has 0 radical (unpaired) electrons. The van der Waals surface area contributed by atoms with Gasteiger partial charge in [-0.3, -0.25) is 43.2 Å². The van der Waals surface area contributed by atoms with Crippen LogP contribution in [0.1, 0.15) is 77.3 Å².